The summed E-state index contributed by atoms with van der Waals surface area (Å²) >= 11 is 0. The predicted octanol–water partition coefficient (Wildman–Crippen LogP) is 3.59. The molecule has 0 radical (unpaired) electrons. The third-order valence-corrected chi connectivity index (χ3v) is 3.93. The lowest BCUT2D eigenvalue weighted by molar-refractivity contribution is -0.129. The van der Waals surface area contributed by atoms with Crippen molar-refractivity contribution in [2.24, 2.45) is 5.92 Å². The first-order valence-electron chi connectivity index (χ1n) is 9.23. The molecule has 1 N–H and O–H groups in total. The second-order valence-electron chi connectivity index (χ2n) is 6.85. The third kappa shape index (κ3) is 6.61. The molecule has 0 aliphatic carbocycles. The maximum absolute atomic E-state index is 12.3. The second kappa shape index (κ2) is 10.3. The topological polar surface area (TPSA) is 73.9 Å². The third-order valence-electron chi connectivity index (χ3n) is 3.93. The van der Waals surface area contributed by atoms with E-state index >= 15 is 0 Å². The minimum absolute atomic E-state index is 0.337. The van der Waals surface area contributed by atoms with Gasteiger partial charge in [-0.25, -0.2) is 4.79 Å². The Balaban J connectivity index is 1.86. The van der Waals surface area contributed by atoms with Gasteiger partial charge in [0, 0.05) is 6.54 Å². The number of hydrogen-bond donors (Lipinski definition) is 1. The molecule has 0 bridgehead atoms. The van der Waals surface area contributed by atoms with Gasteiger partial charge in [0.05, 0.1) is 19.3 Å². The van der Waals surface area contributed by atoms with Crippen LogP contribution in [0.3, 0.4) is 0 Å². The van der Waals surface area contributed by atoms with Gasteiger partial charge < -0.3 is 19.5 Å². The van der Waals surface area contributed by atoms with Crippen molar-refractivity contribution in [1.29, 1.82) is 0 Å². The summed E-state index contributed by atoms with van der Waals surface area (Å²) < 4.78 is 16.0. The molecule has 6 heteroatoms. The van der Waals surface area contributed by atoms with E-state index in [1.807, 2.05) is 38.1 Å². The van der Waals surface area contributed by atoms with Crippen molar-refractivity contribution in [1.82, 2.24) is 5.32 Å². The molecule has 1 amide bonds. The molecule has 28 heavy (non-hydrogen) atoms. The Labute approximate surface area is 165 Å². The van der Waals surface area contributed by atoms with Crippen molar-refractivity contribution in [3.8, 4) is 11.5 Å². The summed E-state index contributed by atoms with van der Waals surface area (Å²) in [5, 5.41) is 2.76. The van der Waals surface area contributed by atoms with Gasteiger partial charge in [0.25, 0.3) is 5.91 Å². The van der Waals surface area contributed by atoms with E-state index in [-0.39, 0.29) is 5.91 Å². The van der Waals surface area contributed by atoms with Gasteiger partial charge in [-0.3, -0.25) is 4.79 Å². The Morgan fingerprint density at radius 1 is 1.00 bits per heavy atom. The van der Waals surface area contributed by atoms with Crippen LogP contribution in [0.15, 0.2) is 48.5 Å². The zero-order valence-electron chi connectivity index (χ0n) is 16.7. The van der Waals surface area contributed by atoms with E-state index in [4.69, 9.17) is 14.2 Å². The number of ether oxygens (including phenoxy) is 3. The molecule has 2 rings (SSSR count). The second-order valence-corrected chi connectivity index (χ2v) is 6.85. The van der Waals surface area contributed by atoms with Crippen molar-refractivity contribution in [3.05, 3.63) is 59.7 Å². The summed E-state index contributed by atoms with van der Waals surface area (Å²) in [5.74, 6) is 0.792. The number of carbonyl (C=O) groups is 2. The maximum Gasteiger partial charge on any atom is 0.339 e. The highest BCUT2D eigenvalue weighted by molar-refractivity contribution is 5.92. The van der Waals surface area contributed by atoms with E-state index in [0.717, 1.165) is 11.3 Å². The molecule has 150 valence electrons. The van der Waals surface area contributed by atoms with Gasteiger partial charge >= 0.3 is 5.97 Å². The van der Waals surface area contributed by atoms with E-state index in [0.29, 0.717) is 30.4 Å². The Morgan fingerprint density at radius 3 is 2.36 bits per heavy atom. The molecular formula is C22H27NO5. The number of carbonyl (C=O) groups excluding carboxylic acids is 2. The fraction of sp³-hybridized carbons (Fsp3) is 0.364. The van der Waals surface area contributed by atoms with Crippen LogP contribution in [0, 0.1) is 5.92 Å². The number of amides is 1. The number of esters is 1. The van der Waals surface area contributed by atoms with Crippen LogP contribution in [0.4, 0.5) is 0 Å². The summed E-state index contributed by atoms with van der Waals surface area (Å²) in [4.78, 5) is 24.5. The largest absolute Gasteiger partial charge is 0.497 e. The SMILES string of the molecule is COc1ccc(CNC(=O)[C@@H](C)OC(=O)c2cccc(OCC(C)C)c2)cc1. The van der Waals surface area contributed by atoms with Crippen LogP contribution < -0.4 is 14.8 Å². The summed E-state index contributed by atoms with van der Waals surface area (Å²) in [6.45, 7) is 6.53. The number of nitrogens with one attached hydrogen (secondary N) is 1. The van der Waals surface area contributed by atoms with Crippen LogP contribution in [-0.2, 0) is 16.1 Å². The monoisotopic (exact) mass is 385 g/mol. The average Bonchev–Trinajstić information content (AvgIpc) is 2.70. The van der Waals surface area contributed by atoms with Crippen LogP contribution in [0.1, 0.15) is 36.7 Å². The zero-order chi connectivity index (χ0) is 20.5. The smallest absolute Gasteiger partial charge is 0.339 e. The summed E-state index contributed by atoms with van der Waals surface area (Å²) in [6, 6.07) is 14.1. The minimum Gasteiger partial charge on any atom is -0.497 e. The van der Waals surface area contributed by atoms with Crippen LogP contribution in [0.5, 0.6) is 11.5 Å². The summed E-state index contributed by atoms with van der Waals surface area (Å²) in [7, 11) is 1.60. The molecule has 0 fully saturated rings. The first kappa shape index (κ1) is 21.3. The lowest BCUT2D eigenvalue weighted by Crippen LogP contribution is -2.35. The fourth-order valence-corrected chi connectivity index (χ4v) is 2.33. The molecule has 2 aromatic carbocycles. The summed E-state index contributed by atoms with van der Waals surface area (Å²) in [5.41, 5.74) is 1.26. The van der Waals surface area contributed by atoms with Crippen LogP contribution >= 0.6 is 0 Å². The standard InChI is InChI=1S/C22H27NO5/c1-15(2)14-27-20-7-5-6-18(12-20)22(25)28-16(3)21(24)23-13-17-8-10-19(26-4)11-9-17/h5-12,15-16H,13-14H2,1-4H3,(H,23,24)/t16-/m1/s1. The van der Waals surface area contributed by atoms with E-state index in [2.05, 4.69) is 5.32 Å². The normalized spacial score (nSPS) is 11.6. The van der Waals surface area contributed by atoms with Gasteiger partial charge in [-0.05, 0) is 48.7 Å². The number of methoxy groups -OCH3 is 1. The minimum atomic E-state index is -0.911. The quantitative estimate of drug-likeness (QED) is 0.668. The molecule has 0 aliphatic rings. The molecule has 0 unspecified atom stereocenters. The molecule has 2 aromatic rings. The molecule has 6 nitrogen and oxygen atoms in total. The van der Waals surface area contributed by atoms with E-state index < -0.39 is 12.1 Å². The molecule has 0 aliphatic heterocycles. The average molecular weight is 385 g/mol. The van der Waals surface area contributed by atoms with Gasteiger partial charge in [0.1, 0.15) is 11.5 Å². The van der Waals surface area contributed by atoms with Gasteiger partial charge in [0.2, 0.25) is 0 Å². The van der Waals surface area contributed by atoms with Crippen LogP contribution in [0.2, 0.25) is 0 Å². The van der Waals surface area contributed by atoms with Crippen LogP contribution in [-0.4, -0.2) is 31.7 Å². The van der Waals surface area contributed by atoms with Crippen molar-refractivity contribution in [2.75, 3.05) is 13.7 Å². The van der Waals surface area contributed by atoms with E-state index in [1.54, 1.807) is 38.3 Å². The number of benzene rings is 2. The van der Waals surface area contributed by atoms with Crippen molar-refractivity contribution in [3.63, 3.8) is 0 Å². The summed E-state index contributed by atoms with van der Waals surface area (Å²) in [6.07, 6.45) is -0.911. The van der Waals surface area contributed by atoms with Crippen LogP contribution in [0.25, 0.3) is 0 Å². The molecule has 1 atom stereocenters. The van der Waals surface area contributed by atoms with E-state index in [9.17, 15) is 9.59 Å². The Kier molecular flexibility index (Phi) is 7.87. The van der Waals surface area contributed by atoms with Crippen molar-refractivity contribution in [2.45, 2.75) is 33.4 Å². The highest BCUT2D eigenvalue weighted by Gasteiger charge is 2.19. The Morgan fingerprint density at radius 2 is 1.71 bits per heavy atom. The van der Waals surface area contributed by atoms with Crippen molar-refractivity contribution < 1.29 is 23.8 Å². The molecular weight excluding hydrogens is 358 g/mol. The first-order valence-corrected chi connectivity index (χ1v) is 9.23. The number of hydrogen-bond acceptors (Lipinski definition) is 5. The van der Waals surface area contributed by atoms with Gasteiger partial charge in [0.15, 0.2) is 6.10 Å². The van der Waals surface area contributed by atoms with E-state index in [1.165, 1.54) is 0 Å². The first-order chi connectivity index (χ1) is 13.4. The lowest BCUT2D eigenvalue weighted by atomic mass is 10.2. The maximum atomic E-state index is 12.3. The number of rotatable bonds is 9. The lowest BCUT2D eigenvalue weighted by Gasteiger charge is -2.14. The molecule has 0 aromatic heterocycles. The predicted molar refractivity (Wildman–Crippen MR) is 106 cm³/mol. The highest BCUT2D eigenvalue weighted by atomic mass is 16.5. The molecule has 0 heterocycles. The van der Waals surface area contributed by atoms with Gasteiger partial charge in [-0.2, -0.15) is 0 Å². The van der Waals surface area contributed by atoms with Gasteiger partial charge in [-0.15, -0.1) is 0 Å². The molecule has 0 saturated heterocycles. The highest BCUT2D eigenvalue weighted by Crippen LogP contribution is 2.16. The van der Waals surface area contributed by atoms with Gasteiger partial charge in [-0.1, -0.05) is 32.0 Å². The Bertz CT molecular complexity index is 786. The fourth-order valence-electron chi connectivity index (χ4n) is 2.33. The molecule has 0 spiro atoms. The zero-order valence-corrected chi connectivity index (χ0v) is 16.7. The Hall–Kier alpha value is -3.02. The molecule has 0 saturated carbocycles. The van der Waals surface area contributed by atoms with Crippen molar-refractivity contribution >= 4 is 11.9 Å².